The van der Waals surface area contributed by atoms with Crippen LogP contribution in [0.15, 0.2) is 121 Å². The third-order valence-electron chi connectivity index (χ3n) is 12.1. The fourth-order valence-electron chi connectivity index (χ4n) is 8.69. The van der Waals surface area contributed by atoms with Gasteiger partial charge in [0, 0.05) is 12.8 Å². The van der Waals surface area contributed by atoms with Crippen molar-refractivity contribution >= 4 is 5.91 Å². The SMILES string of the molecule is CC(=O)NC1[C@H](OC2[C@H](C)OC(C)[C@H](OCc3ccccc3)[C@@H]2O[C@H]2O[C@@H](COCc3ccccc3)[C@@H](OCc3ccccc3)C(C)C2OCc2ccccc2)OC(CO)[C@@H](O)[C@@H]1O. The van der Waals surface area contributed by atoms with Crippen LogP contribution >= 0.6 is 0 Å². The number of benzene rings is 4. The van der Waals surface area contributed by atoms with E-state index in [9.17, 15) is 20.1 Å². The summed E-state index contributed by atoms with van der Waals surface area (Å²) in [6, 6.07) is 38.2. The number of aliphatic hydroxyl groups excluding tert-OH is 3. The molecule has 3 saturated heterocycles. The van der Waals surface area contributed by atoms with Gasteiger partial charge in [-0.3, -0.25) is 4.79 Å². The third-order valence-corrected chi connectivity index (χ3v) is 12.1. The molecule has 64 heavy (non-hydrogen) atoms. The second-order valence-corrected chi connectivity index (χ2v) is 16.9. The molecule has 7 rings (SSSR count). The number of hydrogen-bond donors (Lipinski definition) is 4. The normalized spacial score (nSPS) is 33.1. The van der Waals surface area contributed by atoms with E-state index in [4.69, 9.17) is 42.6 Å². The van der Waals surface area contributed by atoms with E-state index in [1.54, 1.807) is 0 Å². The first-order valence-electron chi connectivity index (χ1n) is 22.2. The van der Waals surface area contributed by atoms with Crippen molar-refractivity contribution in [1.29, 1.82) is 0 Å². The van der Waals surface area contributed by atoms with Gasteiger partial charge in [-0.2, -0.15) is 0 Å². The zero-order valence-electron chi connectivity index (χ0n) is 36.9. The molecule has 4 aromatic rings. The van der Waals surface area contributed by atoms with Gasteiger partial charge in [0.2, 0.25) is 5.91 Å². The molecule has 14 heteroatoms. The summed E-state index contributed by atoms with van der Waals surface area (Å²) in [5.74, 6) is -0.788. The Morgan fingerprint density at radius 1 is 0.547 bits per heavy atom. The average Bonchev–Trinajstić information content (AvgIpc) is 3.30. The standard InChI is InChI=1S/C50H63NO13/c1-31-44(57-27-36-19-11-6-12-20-36)40(30-56-26-35-17-9-5-10-18-35)62-50(45(31)58-28-37-21-13-7-14-22-37)64-48-46(59-29-38-23-15-8-16-24-38)32(2)60-33(3)47(48)63-49-41(51-34(4)53)43(55)42(54)39(25-52)61-49/h5-24,31-33,39-50,52,54-55H,25-30H2,1-4H3,(H,51,53)/t31?,32?,33-,39?,40-,41?,42+,43+,44-,45?,46-,47?,48-,49-,50+/m0/s1. The Morgan fingerprint density at radius 2 is 1.00 bits per heavy atom. The molecule has 15 atom stereocenters. The average molecular weight is 886 g/mol. The minimum atomic E-state index is -1.54. The van der Waals surface area contributed by atoms with Crippen LogP contribution in [0, 0.1) is 5.92 Å². The second kappa shape index (κ2) is 23.4. The molecule has 0 radical (unpaired) electrons. The molecule has 14 nitrogen and oxygen atoms in total. The molecule has 4 N–H and O–H groups in total. The summed E-state index contributed by atoms with van der Waals surface area (Å²) in [6.07, 6.45) is -12.3. The van der Waals surface area contributed by atoms with Gasteiger partial charge in [-0.05, 0) is 36.1 Å². The third kappa shape index (κ3) is 12.4. The summed E-state index contributed by atoms with van der Waals surface area (Å²) < 4.78 is 60.2. The summed E-state index contributed by atoms with van der Waals surface area (Å²) in [7, 11) is 0. The Bertz CT molecular complexity index is 1960. The summed E-state index contributed by atoms with van der Waals surface area (Å²) in [6.45, 7) is 7.80. The van der Waals surface area contributed by atoms with E-state index < -0.39 is 98.3 Å². The molecule has 0 bridgehead atoms. The monoisotopic (exact) mass is 885 g/mol. The van der Waals surface area contributed by atoms with Crippen molar-refractivity contribution in [2.75, 3.05) is 13.2 Å². The molecule has 3 heterocycles. The second-order valence-electron chi connectivity index (χ2n) is 16.9. The van der Waals surface area contributed by atoms with Crippen molar-refractivity contribution in [3.8, 4) is 0 Å². The molecule has 0 aliphatic carbocycles. The lowest BCUT2D eigenvalue weighted by Crippen LogP contribution is -2.68. The minimum Gasteiger partial charge on any atom is -0.394 e. The van der Waals surface area contributed by atoms with Crippen LogP contribution in [0.2, 0.25) is 0 Å². The van der Waals surface area contributed by atoms with Crippen molar-refractivity contribution in [1.82, 2.24) is 5.32 Å². The Morgan fingerprint density at radius 3 is 1.52 bits per heavy atom. The first kappa shape index (κ1) is 47.8. The van der Waals surface area contributed by atoms with Gasteiger partial charge in [0.15, 0.2) is 12.6 Å². The van der Waals surface area contributed by atoms with E-state index in [0.29, 0.717) is 13.2 Å². The molecule has 346 valence electrons. The molecule has 3 aliphatic rings. The molecular weight excluding hydrogens is 823 g/mol. The zero-order chi connectivity index (χ0) is 45.0. The Balaban J connectivity index is 1.23. The predicted molar refractivity (Wildman–Crippen MR) is 234 cm³/mol. The van der Waals surface area contributed by atoms with Gasteiger partial charge in [-0.15, -0.1) is 0 Å². The van der Waals surface area contributed by atoms with E-state index in [2.05, 4.69) is 12.2 Å². The van der Waals surface area contributed by atoms with Gasteiger partial charge in [0.05, 0.1) is 58.0 Å². The highest BCUT2D eigenvalue weighted by Gasteiger charge is 2.54. The van der Waals surface area contributed by atoms with Crippen LogP contribution in [0.4, 0.5) is 0 Å². The smallest absolute Gasteiger partial charge is 0.217 e. The van der Waals surface area contributed by atoms with Crippen LogP contribution in [0.25, 0.3) is 0 Å². The van der Waals surface area contributed by atoms with Crippen LogP contribution in [-0.4, -0.2) is 120 Å². The minimum absolute atomic E-state index is 0.176. The molecule has 4 aromatic carbocycles. The fourth-order valence-corrected chi connectivity index (χ4v) is 8.69. The van der Waals surface area contributed by atoms with Crippen molar-refractivity contribution in [2.45, 2.75) is 140 Å². The lowest BCUT2D eigenvalue weighted by molar-refractivity contribution is -0.366. The summed E-state index contributed by atoms with van der Waals surface area (Å²) in [4.78, 5) is 12.4. The molecule has 0 spiro atoms. The summed E-state index contributed by atoms with van der Waals surface area (Å²) in [5, 5.41) is 34.9. The zero-order valence-corrected chi connectivity index (χ0v) is 36.9. The summed E-state index contributed by atoms with van der Waals surface area (Å²) >= 11 is 0. The van der Waals surface area contributed by atoms with Crippen molar-refractivity contribution in [3.63, 3.8) is 0 Å². The quantitative estimate of drug-likeness (QED) is 0.101. The number of aliphatic hydroxyl groups is 3. The molecule has 0 saturated carbocycles. The topological polar surface area (TPSA) is 173 Å². The number of carbonyl (C=O) groups excluding carboxylic acids is 1. The number of carbonyl (C=O) groups is 1. The highest BCUT2D eigenvalue weighted by Crippen LogP contribution is 2.38. The first-order chi connectivity index (χ1) is 31.1. The van der Waals surface area contributed by atoms with Crippen LogP contribution in [-0.2, 0) is 73.9 Å². The van der Waals surface area contributed by atoms with Crippen molar-refractivity contribution < 1.29 is 62.7 Å². The fraction of sp³-hybridized carbons (Fsp3) is 0.500. The lowest BCUT2D eigenvalue weighted by atomic mass is 9.89. The van der Waals surface area contributed by atoms with Gasteiger partial charge in [0.1, 0.15) is 54.9 Å². The summed E-state index contributed by atoms with van der Waals surface area (Å²) in [5.41, 5.74) is 3.90. The molecule has 6 unspecified atom stereocenters. The first-order valence-corrected chi connectivity index (χ1v) is 22.2. The molecular formula is C50H63NO13. The maximum absolute atomic E-state index is 12.4. The highest BCUT2D eigenvalue weighted by atomic mass is 16.8. The van der Waals surface area contributed by atoms with Gasteiger partial charge in [-0.25, -0.2) is 0 Å². The van der Waals surface area contributed by atoms with Gasteiger partial charge >= 0.3 is 0 Å². The van der Waals surface area contributed by atoms with Crippen molar-refractivity contribution in [2.24, 2.45) is 5.92 Å². The van der Waals surface area contributed by atoms with Crippen molar-refractivity contribution in [3.05, 3.63) is 144 Å². The Hall–Kier alpha value is -4.13. The molecule has 3 aliphatic heterocycles. The molecule has 3 fully saturated rings. The van der Waals surface area contributed by atoms with E-state index >= 15 is 0 Å². The van der Waals surface area contributed by atoms with E-state index in [-0.39, 0.29) is 25.7 Å². The number of amides is 1. The number of ether oxygens (including phenoxy) is 9. The van der Waals surface area contributed by atoms with Crippen LogP contribution < -0.4 is 5.32 Å². The predicted octanol–water partition coefficient (Wildman–Crippen LogP) is 4.84. The van der Waals surface area contributed by atoms with Gasteiger partial charge in [-0.1, -0.05) is 128 Å². The highest BCUT2D eigenvalue weighted by molar-refractivity contribution is 5.73. The van der Waals surface area contributed by atoms with E-state index in [1.807, 2.05) is 135 Å². The maximum Gasteiger partial charge on any atom is 0.217 e. The largest absolute Gasteiger partial charge is 0.394 e. The van der Waals surface area contributed by atoms with E-state index in [1.165, 1.54) is 6.92 Å². The number of nitrogens with one attached hydrogen (secondary N) is 1. The van der Waals surface area contributed by atoms with Gasteiger partial charge < -0.3 is 63.3 Å². The van der Waals surface area contributed by atoms with Crippen LogP contribution in [0.1, 0.15) is 49.9 Å². The van der Waals surface area contributed by atoms with Gasteiger partial charge in [0.25, 0.3) is 0 Å². The Kier molecular flexibility index (Phi) is 17.5. The Labute approximate surface area is 375 Å². The number of rotatable bonds is 19. The molecule has 1 amide bonds. The lowest BCUT2D eigenvalue weighted by Gasteiger charge is -2.51. The molecule has 0 aromatic heterocycles. The van der Waals surface area contributed by atoms with E-state index in [0.717, 1.165) is 22.3 Å². The maximum atomic E-state index is 12.4. The van der Waals surface area contributed by atoms with Crippen LogP contribution in [0.3, 0.4) is 0 Å². The van der Waals surface area contributed by atoms with Crippen LogP contribution in [0.5, 0.6) is 0 Å². The number of hydrogen-bond acceptors (Lipinski definition) is 13.